The van der Waals surface area contributed by atoms with Crippen molar-refractivity contribution >= 4 is 35.3 Å². The van der Waals surface area contributed by atoms with Gasteiger partial charge in [-0.15, -0.1) is 0 Å². The van der Waals surface area contributed by atoms with Gasteiger partial charge in [0.1, 0.15) is 0 Å². The van der Waals surface area contributed by atoms with Crippen LogP contribution in [0, 0.1) is 5.92 Å². The van der Waals surface area contributed by atoms with E-state index in [2.05, 4.69) is 83.4 Å². The molecule has 0 spiro atoms. The van der Waals surface area contributed by atoms with Crippen LogP contribution in [0.4, 0.5) is 0 Å². The largest absolute Gasteiger partial charge is 0.339 e. The van der Waals surface area contributed by atoms with Crippen molar-refractivity contribution in [3.8, 4) is 0 Å². The molecule has 0 saturated carbocycles. The molecule has 0 bridgehead atoms. The quantitative estimate of drug-likeness (QED) is 0.386. The molecule has 152 valence electrons. The summed E-state index contributed by atoms with van der Waals surface area (Å²) in [6, 6.07) is 0. The molecule has 2 nitrogen and oxygen atoms in total. The summed E-state index contributed by atoms with van der Waals surface area (Å²) in [5.74, 6) is 0.925. The van der Waals surface area contributed by atoms with Gasteiger partial charge in [0.25, 0.3) is 0 Å². The molecule has 0 aromatic carbocycles. The summed E-state index contributed by atoms with van der Waals surface area (Å²) in [6.45, 7) is 28.2. The Hall–Kier alpha value is 0.0775. The standard InChI is InChI=1S/C20H45NOSi4/c1-18(2)16-21-15-13-12-14-19(20(21)22)17-26(23(3,4)5,24(6,7)8)25(9,10)11/h17-18H,12-16H2,1-11H3/b19-17-. The number of hydrogen-bond acceptors (Lipinski definition) is 1. The summed E-state index contributed by atoms with van der Waals surface area (Å²) >= 11 is 0. The average Bonchev–Trinajstić information content (AvgIpc) is 2.54. The van der Waals surface area contributed by atoms with E-state index in [4.69, 9.17) is 0 Å². The van der Waals surface area contributed by atoms with Crippen LogP contribution in [0.15, 0.2) is 11.3 Å². The highest BCUT2D eigenvalue weighted by molar-refractivity contribution is 7.90. The van der Waals surface area contributed by atoms with Gasteiger partial charge >= 0.3 is 0 Å². The van der Waals surface area contributed by atoms with Crippen LogP contribution in [0.5, 0.6) is 0 Å². The molecule has 0 aliphatic carbocycles. The third-order valence-corrected chi connectivity index (χ3v) is 77.2. The maximum absolute atomic E-state index is 13.5. The van der Waals surface area contributed by atoms with Crippen LogP contribution in [-0.2, 0) is 4.79 Å². The van der Waals surface area contributed by atoms with E-state index in [1.54, 1.807) is 0 Å². The van der Waals surface area contributed by atoms with Gasteiger partial charge in [0.2, 0.25) is 5.91 Å². The minimum Gasteiger partial charge on any atom is -0.339 e. The highest BCUT2D eigenvalue weighted by atomic mass is 29.9. The van der Waals surface area contributed by atoms with Crippen LogP contribution in [0.25, 0.3) is 0 Å². The molecule has 1 amide bonds. The monoisotopic (exact) mass is 427 g/mol. The topological polar surface area (TPSA) is 20.3 Å². The van der Waals surface area contributed by atoms with Crippen LogP contribution in [0.1, 0.15) is 33.1 Å². The first kappa shape index (κ1) is 24.1. The number of nitrogens with zero attached hydrogens (tertiary/aromatic N) is 1. The molecule has 1 heterocycles. The van der Waals surface area contributed by atoms with Gasteiger partial charge in [0.15, 0.2) is 0 Å². The Morgan fingerprint density at radius 3 is 1.73 bits per heavy atom. The fraction of sp³-hybridized carbons (Fsp3) is 0.850. The van der Waals surface area contributed by atoms with Crippen molar-refractivity contribution in [1.29, 1.82) is 0 Å². The van der Waals surface area contributed by atoms with E-state index in [0.29, 0.717) is 11.8 Å². The van der Waals surface area contributed by atoms with Crippen LogP contribution >= 0.6 is 0 Å². The zero-order valence-electron chi connectivity index (χ0n) is 19.5. The molecule has 1 saturated heterocycles. The number of likely N-dealkylation sites (tertiary alicyclic amines) is 1. The Balaban J connectivity index is 3.59. The van der Waals surface area contributed by atoms with E-state index in [-0.39, 0.29) is 0 Å². The first-order valence-corrected chi connectivity index (χ1v) is 26.1. The molecule has 0 unspecified atom stereocenters. The Bertz CT molecular complexity index is 499. The summed E-state index contributed by atoms with van der Waals surface area (Å²) in [4.78, 5) is 15.6. The van der Waals surface area contributed by atoms with Gasteiger partial charge in [0.05, 0.1) is 6.63 Å². The molecule has 1 rings (SSSR count). The molecule has 0 atom stereocenters. The molecule has 0 aromatic rings. The van der Waals surface area contributed by atoms with Crippen molar-refractivity contribution in [2.24, 2.45) is 5.92 Å². The number of amides is 1. The third kappa shape index (κ3) is 4.92. The maximum Gasteiger partial charge on any atom is 0.249 e. The molecule has 1 fully saturated rings. The molecule has 0 aromatic heterocycles. The van der Waals surface area contributed by atoms with Crippen LogP contribution < -0.4 is 0 Å². The molecule has 26 heavy (non-hydrogen) atoms. The smallest absolute Gasteiger partial charge is 0.249 e. The zero-order valence-corrected chi connectivity index (χ0v) is 23.5. The number of hydrogen-bond donors (Lipinski definition) is 0. The van der Waals surface area contributed by atoms with Crippen molar-refractivity contribution in [2.45, 2.75) is 92.0 Å². The fourth-order valence-corrected chi connectivity index (χ4v) is 101. The number of carbonyl (C=O) groups excluding carboxylic acids is 1. The predicted octanol–water partition coefficient (Wildman–Crippen LogP) is 5.82. The predicted molar refractivity (Wildman–Crippen MR) is 129 cm³/mol. The van der Waals surface area contributed by atoms with Gasteiger partial charge in [-0.25, -0.2) is 0 Å². The lowest BCUT2D eigenvalue weighted by molar-refractivity contribution is -0.127. The van der Waals surface area contributed by atoms with Crippen LogP contribution in [0.2, 0.25) is 58.9 Å². The minimum atomic E-state index is -1.61. The second kappa shape index (κ2) is 8.21. The van der Waals surface area contributed by atoms with Crippen molar-refractivity contribution in [3.05, 3.63) is 11.3 Å². The fourth-order valence-electron chi connectivity index (χ4n) is 6.06. The first-order valence-electron chi connectivity index (χ1n) is 10.6. The van der Waals surface area contributed by atoms with E-state index in [9.17, 15) is 4.79 Å². The highest BCUT2D eigenvalue weighted by Crippen LogP contribution is 2.39. The lowest BCUT2D eigenvalue weighted by atomic mass is 10.1. The van der Waals surface area contributed by atoms with Crippen LogP contribution in [0.3, 0.4) is 0 Å². The summed E-state index contributed by atoms with van der Waals surface area (Å²) in [6.07, 6.45) is 3.36. The highest BCUT2D eigenvalue weighted by Gasteiger charge is 2.60. The van der Waals surface area contributed by atoms with Gasteiger partial charge in [0, 0.05) is 41.4 Å². The van der Waals surface area contributed by atoms with Gasteiger partial charge < -0.3 is 4.90 Å². The molecular weight excluding hydrogens is 383 g/mol. The lowest BCUT2D eigenvalue weighted by Crippen LogP contribution is -2.82. The molecule has 6 heteroatoms. The SMILES string of the molecule is CC(C)CN1CCCC/C(=C/[Si]([Si](C)(C)C)([Si](C)(C)C)[Si](C)(C)C)C1=O. The van der Waals surface area contributed by atoms with Gasteiger partial charge in [-0.2, -0.15) is 0 Å². The average molecular weight is 428 g/mol. The molecule has 0 radical (unpaired) electrons. The van der Waals surface area contributed by atoms with Gasteiger partial charge in [-0.3, -0.25) is 4.79 Å². The number of carbonyl (C=O) groups is 1. The van der Waals surface area contributed by atoms with E-state index in [0.717, 1.165) is 25.9 Å². The summed E-state index contributed by atoms with van der Waals surface area (Å²) in [5, 5.41) is 0. The first-order chi connectivity index (χ1) is 11.5. The van der Waals surface area contributed by atoms with Crippen molar-refractivity contribution in [1.82, 2.24) is 4.90 Å². The molecule has 0 N–H and O–H groups in total. The van der Waals surface area contributed by atoms with Gasteiger partial charge in [-0.05, 0) is 25.2 Å². The minimum absolute atomic E-state index is 0.378. The van der Waals surface area contributed by atoms with E-state index in [1.807, 2.05) is 0 Å². The van der Waals surface area contributed by atoms with Gasteiger partial charge in [-0.1, -0.05) is 78.5 Å². The van der Waals surface area contributed by atoms with E-state index >= 15 is 0 Å². The summed E-state index contributed by atoms with van der Waals surface area (Å²) < 4.78 is 0. The van der Waals surface area contributed by atoms with E-state index in [1.165, 1.54) is 12.0 Å². The molecule has 1 aliphatic rings. The second-order valence-corrected chi connectivity index (χ2v) is 52.3. The Morgan fingerprint density at radius 1 is 0.885 bits per heavy atom. The van der Waals surface area contributed by atoms with Crippen molar-refractivity contribution in [2.75, 3.05) is 13.1 Å². The zero-order chi connectivity index (χ0) is 20.6. The maximum atomic E-state index is 13.5. The Morgan fingerprint density at radius 2 is 1.35 bits per heavy atom. The number of rotatable bonds is 6. The summed E-state index contributed by atoms with van der Waals surface area (Å²) in [5.41, 5.74) is 3.95. The molecular formula is C20H45NOSi4. The Labute approximate surface area is 167 Å². The Kier molecular flexibility index (Phi) is 7.62. The lowest BCUT2D eigenvalue weighted by Gasteiger charge is -2.56. The van der Waals surface area contributed by atoms with Crippen LogP contribution in [-0.4, -0.2) is 53.3 Å². The molecule has 1 aliphatic heterocycles. The second-order valence-electron chi connectivity index (χ2n) is 11.8. The van der Waals surface area contributed by atoms with E-state index < -0.39 is 29.4 Å². The van der Waals surface area contributed by atoms with Crippen molar-refractivity contribution < 1.29 is 4.79 Å². The van der Waals surface area contributed by atoms with Crippen molar-refractivity contribution in [3.63, 3.8) is 0 Å². The summed E-state index contributed by atoms with van der Waals surface area (Å²) in [7, 11) is -4.13. The third-order valence-electron chi connectivity index (χ3n) is 6.21. The normalized spacial score (nSPS) is 20.1.